The molecule has 0 fully saturated rings. The average Bonchev–Trinajstić information content (AvgIpc) is 3.38. The highest BCUT2D eigenvalue weighted by molar-refractivity contribution is 7.92. The molecule has 0 aliphatic carbocycles. The van der Waals surface area contributed by atoms with Crippen molar-refractivity contribution in [2.24, 2.45) is 0 Å². The lowest BCUT2D eigenvalue weighted by Gasteiger charge is -2.11. The smallest absolute Gasteiger partial charge is 0.280 e. The Bertz CT molecular complexity index is 1280. The monoisotopic (exact) mass is 463 g/mol. The topological polar surface area (TPSA) is 64.0 Å². The summed E-state index contributed by atoms with van der Waals surface area (Å²) >= 11 is 1.32. The number of thiophene rings is 1. The normalized spacial score (nSPS) is 12.1. The van der Waals surface area contributed by atoms with Gasteiger partial charge in [0.25, 0.3) is 10.0 Å². The van der Waals surface area contributed by atoms with Crippen molar-refractivity contribution in [3.63, 3.8) is 0 Å². The van der Waals surface area contributed by atoms with Crippen molar-refractivity contribution >= 4 is 27.0 Å². The summed E-state index contributed by atoms with van der Waals surface area (Å²) in [6.07, 6.45) is -3.19. The maximum atomic E-state index is 13.1. The van der Waals surface area contributed by atoms with Gasteiger partial charge in [0.2, 0.25) is 0 Å². The zero-order valence-corrected chi connectivity index (χ0v) is 17.5. The third kappa shape index (κ3) is 4.80. The zero-order chi connectivity index (χ0) is 22.1. The molecule has 0 radical (unpaired) electrons. The number of nitrogens with zero attached hydrogens (tertiary/aromatic N) is 2. The summed E-state index contributed by atoms with van der Waals surface area (Å²) in [5.41, 5.74) is 0.0524. The van der Waals surface area contributed by atoms with Crippen LogP contribution >= 0.6 is 11.3 Å². The van der Waals surface area contributed by atoms with E-state index >= 15 is 0 Å². The molecule has 160 valence electrons. The highest BCUT2D eigenvalue weighted by Gasteiger charge is 2.31. The first-order valence-electron chi connectivity index (χ1n) is 9.08. The molecule has 4 aromatic rings. The molecule has 4 rings (SSSR count). The second-order valence-corrected chi connectivity index (χ2v) is 9.29. The van der Waals surface area contributed by atoms with E-state index in [1.807, 2.05) is 30.3 Å². The molecule has 0 saturated heterocycles. The van der Waals surface area contributed by atoms with Gasteiger partial charge in [-0.3, -0.25) is 9.40 Å². The number of hydrogen-bond acceptors (Lipinski definition) is 4. The fraction of sp³-hybridized carbons (Fsp3) is 0.0952. The van der Waals surface area contributed by atoms with Crippen LogP contribution in [0, 0.1) is 0 Å². The van der Waals surface area contributed by atoms with E-state index in [1.54, 1.807) is 17.5 Å². The summed E-state index contributed by atoms with van der Waals surface area (Å²) in [7, 11) is -4.20. The molecule has 0 aliphatic heterocycles. The number of sulfonamides is 1. The third-order valence-electron chi connectivity index (χ3n) is 4.40. The van der Waals surface area contributed by atoms with Gasteiger partial charge in [0.15, 0.2) is 0 Å². The summed E-state index contributed by atoms with van der Waals surface area (Å²) < 4.78 is 68.9. The van der Waals surface area contributed by atoms with Crippen molar-refractivity contribution in [2.45, 2.75) is 17.6 Å². The van der Waals surface area contributed by atoms with E-state index < -0.39 is 21.8 Å². The van der Waals surface area contributed by atoms with Gasteiger partial charge in [-0.15, -0.1) is 11.3 Å². The van der Waals surface area contributed by atoms with Crippen LogP contribution in [0.4, 0.5) is 18.9 Å². The van der Waals surface area contributed by atoms with Gasteiger partial charge in [-0.05, 0) is 35.2 Å². The second-order valence-electron chi connectivity index (χ2n) is 6.69. The lowest BCUT2D eigenvalue weighted by Crippen LogP contribution is -2.14. The molecule has 0 atom stereocenters. The fourth-order valence-electron chi connectivity index (χ4n) is 3.00. The van der Waals surface area contributed by atoms with Gasteiger partial charge in [0, 0.05) is 11.9 Å². The minimum atomic E-state index is -4.58. The number of alkyl halides is 3. The molecular weight excluding hydrogens is 447 g/mol. The molecule has 0 saturated carbocycles. The van der Waals surface area contributed by atoms with Gasteiger partial charge in [0.1, 0.15) is 10.6 Å². The Morgan fingerprint density at radius 2 is 1.77 bits per heavy atom. The van der Waals surface area contributed by atoms with Crippen molar-refractivity contribution in [3.05, 3.63) is 89.4 Å². The molecule has 2 aromatic carbocycles. The Labute approximate surface area is 180 Å². The van der Waals surface area contributed by atoms with E-state index in [-0.39, 0.29) is 16.3 Å². The SMILES string of the molecule is O=S(=O)(Nc1cccc(C(F)(F)F)c1)c1cn(Cc2ccccc2)nc1-c1cccs1. The second kappa shape index (κ2) is 8.20. The van der Waals surface area contributed by atoms with E-state index in [0.717, 1.165) is 23.8 Å². The average molecular weight is 464 g/mol. The van der Waals surface area contributed by atoms with Gasteiger partial charge in [0.05, 0.1) is 17.0 Å². The molecule has 1 N–H and O–H groups in total. The molecule has 2 heterocycles. The quantitative estimate of drug-likeness (QED) is 0.412. The highest BCUT2D eigenvalue weighted by atomic mass is 32.2. The van der Waals surface area contributed by atoms with Gasteiger partial charge < -0.3 is 0 Å². The van der Waals surface area contributed by atoms with E-state index in [0.29, 0.717) is 11.4 Å². The predicted molar refractivity (Wildman–Crippen MR) is 113 cm³/mol. The van der Waals surface area contributed by atoms with E-state index in [1.165, 1.54) is 28.3 Å². The van der Waals surface area contributed by atoms with Crippen molar-refractivity contribution in [1.82, 2.24) is 9.78 Å². The molecule has 0 aliphatic rings. The largest absolute Gasteiger partial charge is 0.416 e. The number of aromatic nitrogens is 2. The summed E-state index contributed by atoms with van der Waals surface area (Å²) in [6, 6.07) is 17.0. The summed E-state index contributed by atoms with van der Waals surface area (Å²) in [5.74, 6) is 0. The van der Waals surface area contributed by atoms with Gasteiger partial charge in [-0.25, -0.2) is 8.42 Å². The molecule has 2 aromatic heterocycles. The first-order chi connectivity index (χ1) is 14.7. The third-order valence-corrected chi connectivity index (χ3v) is 6.66. The van der Waals surface area contributed by atoms with Crippen LogP contribution in [-0.4, -0.2) is 18.2 Å². The van der Waals surface area contributed by atoms with E-state index in [9.17, 15) is 21.6 Å². The van der Waals surface area contributed by atoms with Crippen LogP contribution < -0.4 is 4.72 Å². The Hall–Kier alpha value is -3.11. The lowest BCUT2D eigenvalue weighted by molar-refractivity contribution is -0.137. The van der Waals surface area contributed by atoms with Crippen molar-refractivity contribution in [3.8, 4) is 10.6 Å². The lowest BCUT2D eigenvalue weighted by atomic mass is 10.2. The Morgan fingerprint density at radius 3 is 2.45 bits per heavy atom. The molecule has 0 spiro atoms. The predicted octanol–water partition coefficient (Wildman–Crippen LogP) is 5.48. The van der Waals surface area contributed by atoms with Crippen LogP contribution in [0.25, 0.3) is 10.6 Å². The van der Waals surface area contributed by atoms with Crippen LogP contribution in [0.3, 0.4) is 0 Å². The van der Waals surface area contributed by atoms with Crippen molar-refractivity contribution in [2.75, 3.05) is 4.72 Å². The molecular formula is C21H16F3N3O2S2. The molecule has 0 unspecified atom stereocenters. The maximum absolute atomic E-state index is 13.1. The number of rotatable bonds is 6. The van der Waals surface area contributed by atoms with Crippen LogP contribution in [0.1, 0.15) is 11.1 Å². The minimum Gasteiger partial charge on any atom is -0.280 e. The van der Waals surface area contributed by atoms with Crippen molar-refractivity contribution < 1.29 is 21.6 Å². The number of benzene rings is 2. The number of anilines is 1. The Balaban J connectivity index is 1.72. The summed E-state index contributed by atoms with van der Waals surface area (Å²) in [6.45, 7) is 0.346. The first-order valence-corrected chi connectivity index (χ1v) is 11.4. The first kappa shape index (κ1) is 21.1. The molecule has 0 amide bonds. The fourth-order valence-corrected chi connectivity index (χ4v) is 5.01. The van der Waals surface area contributed by atoms with Gasteiger partial charge in [-0.2, -0.15) is 18.3 Å². The van der Waals surface area contributed by atoms with E-state index in [4.69, 9.17) is 0 Å². The minimum absolute atomic E-state index is 0.108. The molecule has 10 heteroatoms. The number of halogens is 3. The molecule has 5 nitrogen and oxygen atoms in total. The maximum Gasteiger partial charge on any atom is 0.416 e. The summed E-state index contributed by atoms with van der Waals surface area (Å²) in [5, 5.41) is 6.23. The van der Waals surface area contributed by atoms with Crippen LogP contribution in [0.5, 0.6) is 0 Å². The van der Waals surface area contributed by atoms with Gasteiger partial charge >= 0.3 is 6.18 Å². The molecule has 31 heavy (non-hydrogen) atoms. The number of nitrogens with one attached hydrogen (secondary N) is 1. The zero-order valence-electron chi connectivity index (χ0n) is 15.9. The standard InChI is InChI=1S/C21H16F3N3O2S2/c22-21(23,24)16-8-4-9-17(12-16)26-31(28,29)19-14-27(13-15-6-2-1-3-7-15)25-20(19)18-10-5-11-30-18/h1-12,14,26H,13H2. The summed E-state index contributed by atoms with van der Waals surface area (Å²) in [4.78, 5) is 0.527. The van der Waals surface area contributed by atoms with Crippen molar-refractivity contribution in [1.29, 1.82) is 0 Å². The highest BCUT2D eigenvalue weighted by Crippen LogP contribution is 2.33. The van der Waals surface area contributed by atoms with Gasteiger partial charge in [-0.1, -0.05) is 42.5 Å². The van der Waals surface area contributed by atoms with Crippen LogP contribution in [0.2, 0.25) is 0 Å². The molecule has 0 bridgehead atoms. The van der Waals surface area contributed by atoms with E-state index in [2.05, 4.69) is 9.82 Å². The number of hydrogen-bond donors (Lipinski definition) is 1. The van der Waals surface area contributed by atoms with Crippen LogP contribution in [-0.2, 0) is 22.7 Å². The van der Waals surface area contributed by atoms with Crippen LogP contribution in [0.15, 0.2) is 83.2 Å². The Kier molecular flexibility index (Phi) is 5.59. The Morgan fingerprint density at radius 1 is 1.00 bits per heavy atom.